The number of carbonyl (C=O) groups is 3. The highest BCUT2D eigenvalue weighted by atomic mass is 16.6. The third-order valence-electron chi connectivity index (χ3n) is 3.79. The molecule has 0 bridgehead atoms. The molecule has 2 amide bonds. The van der Waals surface area contributed by atoms with Crippen LogP contribution in [0.3, 0.4) is 0 Å². The minimum Gasteiger partial charge on any atom is -0.479 e. The number of carbonyl (C=O) groups excluding carboxylic acids is 3. The van der Waals surface area contributed by atoms with Gasteiger partial charge in [-0.25, -0.2) is 4.79 Å². The van der Waals surface area contributed by atoms with Crippen LogP contribution < -0.4 is 15.4 Å². The summed E-state index contributed by atoms with van der Waals surface area (Å²) in [6.07, 6.45) is -1.38. The van der Waals surface area contributed by atoms with Gasteiger partial charge in [0.1, 0.15) is 5.75 Å². The van der Waals surface area contributed by atoms with Gasteiger partial charge >= 0.3 is 5.97 Å². The third-order valence-corrected chi connectivity index (χ3v) is 3.79. The fraction of sp³-hybridized carbons (Fsp3) is 0.286. The Kier molecular flexibility index (Phi) is 7.56. The first-order chi connectivity index (χ1) is 13.4. The molecule has 0 saturated carbocycles. The van der Waals surface area contributed by atoms with Crippen LogP contribution in [0.1, 0.15) is 27.2 Å². The van der Waals surface area contributed by atoms with Gasteiger partial charge in [-0.1, -0.05) is 25.1 Å². The molecule has 0 fully saturated rings. The van der Waals surface area contributed by atoms with E-state index < -0.39 is 24.1 Å². The number of ether oxygens (including phenoxy) is 2. The van der Waals surface area contributed by atoms with Gasteiger partial charge in [0.25, 0.3) is 5.91 Å². The average Bonchev–Trinajstić information content (AvgIpc) is 2.67. The molecule has 0 aliphatic heterocycles. The van der Waals surface area contributed by atoms with Gasteiger partial charge in [-0.2, -0.15) is 0 Å². The lowest BCUT2D eigenvalue weighted by Gasteiger charge is -2.19. The maximum absolute atomic E-state index is 12.3. The van der Waals surface area contributed by atoms with Crippen molar-refractivity contribution >= 4 is 29.2 Å². The highest BCUT2D eigenvalue weighted by molar-refractivity contribution is 5.96. The molecule has 0 radical (unpaired) electrons. The van der Waals surface area contributed by atoms with Gasteiger partial charge in [0.15, 0.2) is 12.2 Å². The first-order valence-electron chi connectivity index (χ1n) is 8.99. The summed E-state index contributed by atoms with van der Waals surface area (Å²) in [5, 5.41) is 5.30. The summed E-state index contributed by atoms with van der Waals surface area (Å²) in [4.78, 5) is 35.6. The number of rotatable bonds is 8. The van der Waals surface area contributed by atoms with Crippen LogP contribution >= 0.6 is 0 Å². The Bertz CT molecular complexity index is 805. The van der Waals surface area contributed by atoms with Crippen LogP contribution in [0, 0.1) is 0 Å². The lowest BCUT2D eigenvalue weighted by Crippen LogP contribution is -2.36. The molecular weight excluding hydrogens is 360 g/mol. The molecule has 0 saturated heterocycles. The van der Waals surface area contributed by atoms with Crippen LogP contribution in [0.25, 0.3) is 0 Å². The molecule has 2 aromatic rings. The second-order valence-electron chi connectivity index (χ2n) is 6.15. The van der Waals surface area contributed by atoms with Gasteiger partial charge in [0.2, 0.25) is 5.91 Å². The van der Waals surface area contributed by atoms with E-state index in [2.05, 4.69) is 10.6 Å². The minimum absolute atomic E-state index is 0.180. The summed E-state index contributed by atoms with van der Waals surface area (Å²) < 4.78 is 10.9. The molecule has 0 heterocycles. The Morgan fingerprint density at radius 2 is 1.50 bits per heavy atom. The highest BCUT2D eigenvalue weighted by Crippen LogP contribution is 2.16. The Hall–Kier alpha value is -3.35. The first kappa shape index (κ1) is 21.0. The van der Waals surface area contributed by atoms with E-state index in [1.54, 1.807) is 55.5 Å². The standard InChI is InChI=1S/C21H24N2O5/c1-4-19(28-18-8-6-5-7-9-18)21(26)27-14(2)20(25)23-17-12-10-16(11-13-17)22-15(3)24/h5-14,19H,4H2,1-3H3,(H,22,24)(H,23,25)/t14-,19-/m0/s1. The van der Waals surface area contributed by atoms with Gasteiger partial charge in [-0.15, -0.1) is 0 Å². The maximum atomic E-state index is 12.3. The van der Waals surface area contributed by atoms with Crippen molar-refractivity contribution < 1.29 is 23.9 Å². The van der Waals surface area contributed by atoms with E-state index in [-0.39, 0.29) is 5.91 Å². The Balaban J connectivity index is 1.89. The maximum Gasteiger partial charge on any atom is 0.348 e. The molecule has 2 N–H and O–H groups in total. The third kappa shape index (κ3) is 6.42. The van der Waals surface area contributed by atoms with Crippen molar-refractivity contribution in [3.63, 3.8) is 0 Å². The van der Waals surface area contributed by atoms with E-state index in [0.29, 0.717) is 23.5 Å². The van der Waals surface area contributed by atoms with Crippen molar-refractivity contribution in [3.8, 4) is 5.75 Å². The molecule has 0 aromatic heterocycles. The van der Waals surface area contributed by atoms with E-state index in [0.717, 1.165) is 0 Å². The quantitative estimate of drug-likeness (QED) is 0.681. The highest BCUT2D eigenvalue weighted by Gasteiger charge is 2.25. The smallest absolute Gasteiger partial charge is 0.348 e. The topological polar surface area (TPSA) is 93.7 Å². The second kappa shape index (κ2) is 10.1. The van der Waals surface area contributed by atoms with E-state index in [9.17, 15) is 14.4 Å². The van der Waals surface area contributed by atoms with Gasteiger partial charge in [0, 0.05) is 18.3 Å². The second-order valence-corrected chi connectivity index (χ2v) is 6.15. The van der Waals surface area contributed by atoms with Gasteiger partial charge in [0.05, 0.1) is 0 Å². The molecule has 7 heteroatoms. The molecule has 0 spiro atoms. The fourth-order valence-electron chi connectivity index (χ4n) is 2.35. The molecule has 2 rings (SSSR count). The summed E-state index contributed by atoms with van der Waals surface area (Å²) in [5.74, 6) is -0.687. The van der Waals surface area contributed by atoms with Gasteiger partial charge < -0.3 is 20.1 Å². The molecule has 0 aliphatic carbocycles. The van der Waals surface area contributed by atoms with E-state index in [1.807, 2.05) is 6.07 Å². The van der Waals surface area contributed by atoms with Crippen LogP contribution in [-0.4, -0.2) is 30.0 Å². The zero-order chi connectivity index (χ0) is 20.5. The number of nitrogens with one attached hydrogen (secondary N) is 2. The van der Waals surface area contributed by atoms with Crippen molar-refractivity contribution in [1.82, 2.24) is 0 Å². The summed E-state index contributed by atoms with van der Waals surface area (Å²) in [6.45, 7) is 4.71. The van der Waals surface area contributed by atoms with Crippen molar-refractivity contribution in [1.29, 1.82) is 0 Å². The van der Waals surface area contributed by atoms with E-state index in [1.165, 1.54) is 13.8 Å². The SMILES string of the molecule is CC[C@H](Oc1ccccc1)C(=O)O[C@@H](C)C(=O)Nc1ccc(NC(C)=O)cc1. The zero-order valence-corrected chi connectivity index (χ0v) is 16.1. The van der Waals surface area contributed by atoms with Crippen molar-refractivity contribution in [2.24, 2.45) is 0 Å². The Labute approximate surface area is 164 Å². The molecule has 2 atom stereocenters. The predicted molar refractivity (Wildman–Crippen MR) is 106 cm³/mol. The van der Waals surface area contributed by atoms with E-state index >= 15 is 0 Å². The number of esters is 1. The van der Waals surface area contributed by atoms with Crippen molar-refractivity contribution in [3.05, 3.63) is 54.6 Å². The van der Waals surface area contributed by atoms with Crippen molar-refractivity contribution in [2.75, 3.05) is 10.6 Å². The van der Waals surface area contributed by atoms with Crippen LogP contribution in [0.15, 0.2) is 54.6 Å². The number of hydrogen-bond donors (Lipinski definition) is 2. The van der Waals surface area contributed by atoms with Crippen LogP contribution in [0.2, 0.25) is 0 Å². The van der Waals surface area contributed by atoms with Crippen molar-refractivity contribution in [2.45, 2.75) is 39.4 Å². The summed E-state index contributed by atoms with van der Waals surface area (Å²) >= 11 is 0. The molecular formula is C21H24N2O5. The number of benzene rings is 2. The lowest BCUT2D eigenvalue weighted by atomic mass is 10.2. The normalized spacial score (nSPS) is 12.4. The molecule has 28 heavy (non-hydrogen) atoms. The largest absolute Gasteiger partial charge is 0.479 e. The molecule has 2 aromatic carbocycles. The zero-order valence-electron chi connectivity index (χ0n) is 16.1. The van der Waals surface area contributed by atoms with Crippen LogP contribution in [0.5, 0.6) is 5.75 Å². The Morgan fingerprint density at radius 3 is 2.04 bits per heavy atom. The van der Waals surface area contributed by atoms with Gasteiger partial charge in [-0.3, -0.25) is 9.59 Å². The monoisotopic (exact) mass is 384 g/mol. The summed E-state index contributed by atoms with van der Waals surface area (Å²) in [7, 11) is 0. The van der Waals surface area contributed by atoms with Crippen LogP contribution in [0.4, 0.5) is 11.4 Å². The molecule has 148 valence electrons. The van der Waals surface area contributed by atoms with E-state index in [4.69, 9.17) is 9.47 Å². The molecule has 0 unspecified atom stereocenters. The van der Waals surface area contributed by atoms with Gasteiger partial charge in [-0.05, 0) is 49.7 Å². The molecule has 0 aliphatic rings. The Morgan fingerprint density at radius 1 is 0.929 bits per heavy atom. The van der Waals surface area contributed by atoms with Crippen LogP contribution in [-0.2, 0) is 19.1 Å². The lowest BCUT2D eigenvalue weighted by molar-refractivity contribution is -0.160. The average molecular weight is 384 g/mol. The first-order valence-corrected chi connectivity index (χ1v) is 8.99. The number of hydrogen-bond acceptors (Lipinski definition) is 5. The minimum atomic E-state index is -0.990. The number of amides is 2. The number of para-hydroxylation sites is 1. The summed E-state index contributed by atoms with van der Waals surface area (Å²) in [6, 6.07) is 15.6. The number of anilines is 2. The predicted octanol–water partition coefficient (Wildman–Crippen LogP) is 3.37. The fourth-order valence-corrected chi connectivity index (χ4v) is 2.35. The summed E-state index contributed by atoms with van der Waals surface area (Å²) in [5.41, 5.74) is 1.14. The molecule has 7 nitrogen and oxygen atoms in total.